The van der Waals surface area contributed by atoms with E-state index in [2.05, 4.69) is 9.97 Å². The third kappa shape index (κ3) is 1.05. The molecule has 11 heavy (non-hydrogen) atoms. The molecule has 0 unspecified atom stereocenters. The minimum Gasteiger partial charge on any atom is -0.262 e. The van der Waals surface area contributed by atoms with Crippen LogP contribution < -0.4 is 0 Å². The maximum atomic E-state index is 12.5. The molecule has 0 bridgehead atoms. The average molecular weight is 148 g/mol. The fraction of sp³-hybridized carbons (Fsp3) is 0. The highest BCUT2D eigenvalue weighted by Crippen LogP contribution is 2.08. The molecule has 0 aromatic carbocycles. The van der Waals surface area contributed by atoms with E-state index in [1.54, 1.807) is 24.5 Å². The minimum atomic E-state index is -0.467. The van der Waals surface area contributed by atoms with Crippen LogP contribution in [-0.4, -0.2) is 9.97 Å². The first-order valence-electron chi connectivity index (χ1n) is 3.22. The van der Waals surface area contributed by atoms with Crippen molar-refractivity contribution >= 4 is 10.9 Å². The van der Waals surface area contributed by atoms with E-state index in [0.29, 0.717) is 5.52 Å². The van der Waals surface area contributed by atoms with Crippen LogP contribution in [0.25, 0.3) is 10.9 Å². The number of hydrogen-bond donors (Lipinski definition) is 0. The Morgan fingerprint density at radius 1 is 1.18 bits per heavy atom. The number of aromatic nitrogens is 2. The Morgan fingerprint density at radius 2 is 2.09 bits per heavy atom. The second-order valence-corrected chi connectivity index (χ2v) is 2.20. The third-order valence-electron chi connectivity index (χ3n) is 1.46. The topological polar surface area (TPSA) is 25.8 Å². The summed E-state index contributed by atoms with van der Waals surface area (Å²) in [5.41, 5.74) is 0.590. The largest absolute Gasteiger partial charge is 0.262 e. The van der Waals surface area contributed by atoms with Gasteiger partial charge in [-0.05, 0) is 18.2 Å². The summed E-state index contributed by atoms with van der Waals surface area (Å²) in [7, 11) is 0. The molecule has 0 atom stereocenters. The fourth-order valence-corrected chi connectivity index (χ4v) is 0.942. The summed E-state index contributed by atoms with van der Waals surface area (Å²) >= 11 is 0. The van der Waals surface area contributed by atoms with Crippen molar-refractivity contribution in [2.75, 3.05) is 0 Å². The van der Waals surface area contributed by atoms with Crippen molar-refractivity contribution in [2.24, 2.45) is 0 Å². The highest BCUT2D eigenvalue weighted by atomic mass is 19.1. The van der Waals surface area contributed by atoms with E-state index in [1.807, 2.05) is 0 Å². The predicted molar refractivity (Wildman–Crippen MR) is 39.5 cm³/mol. The molecule has 2 aromatic rings. The van der Waals surface area contributed by atoms with Crippen molar-refractivity contribution in [3.05, 3.63) is 36.5 Å². The monoisotopic (exact) mass is 148 g/mol. The second kappa shape index (κ2) is 2.27. The molecule has 0 saturated heterocycles. The van der Waals surface area contributed by atoms with E-state index >= 15 is 0 Å². The van der Waals surface area contributed by atoms with Crippen molar-refractivity contribution in [1.82, 2.24) is 9.97 Å². The van der Waals surface area contributed by atoms with Gasteiger partial charge in [-0.1, -0.05) is 0 Å². The second-order valence-electron chi connectivity index (χ2n) is 2.20. The summed E-state index contributed by atoms with van der Waals surface area (Å²) in [4.78, 5) is 7.47. The van der Waals surface area contributed by atoms with Gasteiger partial charge < -0.3 is 0 Å². The Hall–Kier alpha value is -1.51. The van der Waals surface area contributed by atoms with Gasteiger partial charge in [0.05, 0.1) is 11.7 Å². The number of fused-ring (bicyclic) bond motifs is 1. The Kier molecular flexibility index (Phi) is 1.28. The lowest BCUT2D eigenvalue weighted by atomic mass is 10.3. The maximum Gasteiger partial charge on any atom is 0.213 e. The molecule has 2 rings (SSSR count). The highest BCUT2D eigenvalue weighted by Gasteiger charge is 1.94. The van der Waals surface area contributed by atoms with E-state index in [0.717, 1.165) is 5.39 Å². The van der Waals surface area contributed by atoms with Crippen LogP contribution in [0, 0.1) is 5.95 Å². The lowest BCUT2D eigenvalue weighted by Crippen LogP contribution is -1.83. The van der Waals surface area contributed by atoms with Crippen LogP contribution in [0.2, 0.25) is 0 Å². The maximum absolute atomic E-state index is 12.5. The molecule has 0 N–H and O–H groups in total. The summed E-state index contributed by atoms with van der Waals surface area (Å²) in [5, 5.41) is 0.904. The molecule has 0 aliphatic carbocycles. The van der Waals surface area contributed by atoms with Crippen molar-refractivity contribution in [2.45, 2.75) is 0 Å². The van der Waals surface area contributed by atoms with Crippen molar-refractivity contribution in [3.8, 4) is 0 Å². The average Bonchev–Trinajstić information content (AvgIpc) is 2.04. The highest BCUT2D eigenvalue weighted by molar-refractivity contribution is 5.76. The van der Waals surface area contributed by atoms with E-state index < -0.39 is 5.95 Å². The quantitative estimate of drug-likeness (QED) is 0.532. The van der Waals surface area contributed by atoms with E-state index in [9.17, 15) is 4.39 Å². The van der Waals surface area contributed by atoms with E-state index in [4.69, 9.17) is 0 Å². The van der Waals surface area contributed by atoms with Gasteiger partial charge in [-0.25, -0.2) is 4.98 Å². The van der Waals surface area contributed by atoms with Gasteiger partial charge >= 0.3 is 0 Å². The van der Waals surface area contributed by atoms with E-state index in [1.165, 1.54) is 6.07 Å². The van der Waals surface area contributed by atoms with Crippen LogP contribution in [-0.2, 0) is 0 Å². The summed E-state index contributed by atoms with van der Waals surface area (Å²) in [6.45, 7) is 0. The number of pyridine rings is 2. The molecule has 0 aliphatic rings. The minimum absolute atomic E-state index is 0.467. The molecule has 0 saturated carbocycles. The molecule has 54 valence electrons. The van der Waals surface area contributed by atoms with Crippen LogP contribution >= 0.6 is 0 Å². The zero-order valence-corrected chi connectivity index (χ0v) is 5.66. The first-order chi connectivity index (χ1) is 5.36. The van der Waals surface area contributed by atoms with Crippen LogP contribution in [0.4, 0.5) is 4.39 Å². The summed E-state index contributed by atoms with van der Waals surface area (Å²) < 4.78 is 12.5. The fourth-order valence-electron chi connectivity index (χ4n) is 0.942. The zero-order valence-electron chi connectivity index (χ0n) is 5.66. The smallest absolute Gasteiger partial charge is 0.213 e. The molecule has 2 nitrogen and oxygen atoms in total. The van der Waals surface area contributed by atoms with Gasteiger partial charge in [-0.3, -0.25) is 4.98 Å². The Balaban J connectivity index is 2.83. The molecule has 2 heterocycles. The van der Waals surface area contributed by atoms with Gasteiger partial charge in [0.25, 0.3) is 0 Å². The van der Waals surface area contributed by atoms with E-state index in [-0.39, 0.29) is 0 Å². The lowest BCUT2D eigenvalue weighted by Gasteiger charge is -1.93. The van der Waals surface area contributed by atoms with Crippen LogP contribution in [0.15, 0.2) is 30.6 Å². The molecule has 2 aromatic heterocycles. The van der Waals surface area contributed by atoms with Crippen molar-refractivity contribution in [1.29, 1.82) is 0 Å². The van der Waals surface area contributed by atoms with Crippen molar-refractivity contribution in [3.63, 3.8) is 0 Å². The first kappa shape index (κ1) is 6.22. The van der Waals surface area contributed by atoms with Crippen LogP contribution in [0.1, 0.15) is 0 Å². The molecule has 0 amide bonds. The Bertz CT molecular complexity index is 387. The molecule has 0 fully saturated rings. The SMILES string of the molecule is Fc1ccc2ccncc2n1. The lowest BCUT2D eigenvalue weighted by molar-refractivity contribution is 0.589. The number of hydrogen-bond acceptors (Lipinski definition) is 2. The number of halogens is 1. The normalized spacial score (nSPS) is 10.3. The van der Waals surface area contributed by atoms with Gasteiger partial charge in [-0.2, -0.15) is 4.39 Å². The number of rotatable bonds is 0. The molecular formula is C8H5FN2. The third-order valence-corrected chi connectivity index (χ3v) is 1.46. The van der Waals surface area contributed by atoms with Gasteiger partial charge in [0.1, 0.15) is 0 Å². The van der Waals surface area contributed by atoms with Gasteiger partial charge in [0.2, 0.25) is 5.95 Å². The first-order valence-corrected chi connectivity index (χ1v) is 3.22. The molecule has 3 heteroatoms. The summed E-state index contributed by atoms with van der Waals surface area (Å²) in [6.07, 6.45) is 3.19. The Labute approximate surface area is 62.7 Å². The number of nitrogens with zero attached hydrogens (tertiary/aromatic N) is 2. The Morgan fingerprint density at radius 3 is 3.00 bits per heavy atom. The molecule has 0 radical (unpaired) electrons. The standard InChI is InChI=1S/C8H5FN2/c9-8-2-1-6-3-4-10-5-7(6)11-8/h1-5H. The molecular weight excluding hydrogens is 143 g/mol. The summed E-state index contributed by atoms with van der Waals surface area (Å²) in [6, 6.07) is 4.81. The molecule has 0 aliphatic heterocycles. The van der Waals surface area contributed by atoms with Crippen LogP contribution in [0.3, 0.4) is 0 Å². The summed E-state index contributed by atoms with van der Waals surface area (Å²) in [5.74, 6) is -0.467. The van der Waals surface area contributed by atoms with Crippen molar-refractivity contribution < 1.29 is 4.39 Å². The van der Waals surface area contributed by atoms with Gasteiger partial charge in [0, 0.05) is 11.6 Å². The molecule has 0 spiro atoms. The zero-order chi connectivity index (χ0) is 7.68. The van der Waals surface area contributed by atoms with Crippen LogP contribution in [0.5, 0.6) is 0 Å². The van der Waals surface area contributed by atoms with Gasteiger partial charge in [-0.15, -0.1) is 0 Å². The predicted octanol–water partition coefficient (Wildman–Crippen LogP) is 1.77. The van der Waals surface area contributed by atoms with Gasteiger partial charge in [0.15, 0.2) is 0 Å².